The first-order valence-electron chi connectivity index (χ1n) is 15.1. The predicted octanol–water partition coefficient (Wildman–Crippen LogP) is -1.06. The van der Waals surface area contributed by atoms with Crippen LogP contribution in [-0.4, -0.2) is 118 Å². The van der Waals surface area contributed by atoms with Crippen molar-refractivity contribution in [3.05, 3.63) is 24.8 Å². The highest BCUT2D eigenvalue weighted by atomic mass is 31.3. The summed E-state index contributed by atoms with van der Waals surface area (Å²) in [6, 6.07) is 0. The Labute approximate surface area is 295 Å². The van der Waals surface area contributed by atoms with Crippen molar-refractivity contribution in [2.24, 2.45) is 5.41 Å². The number of hydrogen-bond acceptors (Lipinski definition) is 17. The molecule has 1 fully saturated rings. The van der Waals surface area contributed by atoms with Crippen LogP contribution in [0.15, 0.2) is 24.8 Å². The molecule has 52 heavy (non-hydrogen) atoms. The Balaban J connectivity index is 1.55. The maximum atomic E-state index is 12.6. The van der Waals surface area contributed by atoms with Gasteiger partial charge in [-0.3, -0.25) is 32.5 Å². The number of nitrogens with two attached hydrogens (primary N) is 1. The number of nitrogens with one attached hydrogen (secondary N) is 2. The summed E-state index contributed by atoms with van der Waals surface area (Å²) in [5, 5.41) is 26.1. The molecule has 0 bridgehead atoms. The first kappa shape index (κ1) is 43.4. The Morgan fingerprint density at radius 2 is 1.71 bits per heavy atom. The molecule has 1 aliphatic heterocycles. The summed E-state index contributed by atoms with van der Waals surface area (Å²) in [6.07, 6.45) is -3.94. The third-order valence-electron chi connectivity index (χ3n) is 7.12. The van der Waals surface area contributed by atoms with Crippen LogP contribution in [0.3, 0.4) is 0 Å². The molecule has 2 aromatic rings. The molecular formula is C25H40N7O17P3. The first-order valence-corrected chi connectivity index (χ1v) is 19.6. The molecule has 0 aliphatic carbocycles. The fourth-order valence-corrected chi connectivity index (χ4v) is 7.36. The van der Waals surface area contributed by atoms with Crippen LogP contribution < -0.4 is 16.4 Å². The van der Waals surface area contributed by atoms with Gasteiger partial charge in [0.15, 0.2) is 23.5 Å². The number of ketones is 1. The summed E-state index contributed by atoms with van der Waals surface area (Å²) >= 11 is 0. The van der Waals surface area contributed by atoms with Gasteiger partial charge in [0.05, 0.1) is 19.5 Å². The fourth-order valence-electron chi connectivity index (χ4n) is 4.53. The summed E-state index contributed by atoms with van der Waals surface area (Å²) < 4.78 is 61.9. The predicted molar refractivity (Wildman–Crippen MR) is 174 cm³/mol. The highest BCUT2D eigenvalue weighted by Gasteiger charge is 2.50. The number of anilines is 1. The average Bonchev–Trinajstić information content (AvgIpc) is 3.59. The van der Waals surface area contributed by atoms with Gasteiger partial charge in [0.25, 0.3) is 0 Å². The summed E-state index contributed by atoms with van der Waals surface area (Å²) in [5.74, 6) is -1.69. The molecule has 3 rings (SSSR count). The standard InChI is InChI=1S/C25H40N7O17P3/c1-4-5-14(33)6-8-27-16(34)7-9-28-23(37)20(36)25(2,3)11-46-52(43,44)49-51(41,42)45-10-15-19(48-50(38,39)40)18(35)24(47-15)32-13-31-17-21(26)29-12-30-22(17)32/h4-5,12-13,15,18-20,24,35-36H,6-11H2,1-3H3,(H,27,34)(H,28,37)(H,41,42)(H,43,44)(H2,26,29,30)(H2,38,39,40)/b5-4+/t15-,18-,19-,20+,24-/m1/s1. The van der Waals surface area contributed by atoms with E-state index in [4.69, 9.17) is 19.5 Å². The molecule has 1 saturated heterocycles. The second-order valence-electron chi connectivity index (χ2n) is 11.8. The third-order valence-corrected chi connectivity index (χ3v) is 10.2. The van der Waals surface area contributed by atoms with Crippen molar-refractivity contribution in [3.63, 3.8) is 0 Å². The lowest BCUT2D eigenvalue weighted by molar-refractivity contribution is -0.137. The highest BCUT2D eigenvalue weighted by Crippen LogP contribution is 2.61. The van der Waals surface area contributed by atoms with Gasteiger partial charge in [0, 0.05) is 31.3 Å². The number of ether oxygens (including phenoxy) is 1. The first-order chi connectivity index (χ1) is 24.1. The number of imidazole rings is 1. The number of carbonyl (C=O) groups is 3. The number of phosphoric ester groups is 3. The van der Waals surface area contributed by atoms with E-state index in [0.717, 1.165) is 17.2 Å². The molecule has 0 spiro atoms. The number of fused-ring (bicyclic) bond motifs is 1. The molecule has 24 nitrogen and oxygen atoms in total. The molecule has 10 N–H and O–H groups in total. The smallest absolute Gasteiger partial charge is 0.386 e. The van der Waals surface area contributed by atoms with E-state index in [0.29, 0.717) is 0 Å². The molecule has 0 radical (unpaired) electrons. The minimum absolute atomic E-state index is 0.0295. The molecule has 2 unspecified atom stereocenters. The number of amides is 2. The Bertz CT molecular complexity index is 1770. The molecular weight excluding hydrogens is 763 g/mol. The molecule has 0 saturated carbocycles. The second kappa shape index (κ2) is 17.9. The van der Waals surface area contributed by atoms with Gasteiger partial charge in [-0.25, -0.2) is 28.6 Å². The summed E-state index contributed by atoms with van der Waals surface area (Å²) in [4.78, 5) is 86.6. The van der Waals surface area contributed by atoms with Crippen molar-refractivity contribution in [3.8, 4) is 0 Å². The lowest BCUT2D eigenvalue weighted by Gasteiger charge is -2.30. The van der Waals surface area contributed by atoms with Crippen LogP contribution in [0.5, 0.6) is 0 Å². The number of carbonyl (C=O) groups excluding carboxylic acids is 3. The zero-order chi connectivity index (χ0) is 39.1. The molecule has 2 aromatic heterocycles. The summed E-state index contributed by atoms with van der Waals surface area (Å²) in [5.41, 5.74) is 4.25. The quantitative estimate of drug-likeness (QED) is 0.0569. The number of nitrogens with zero attached hydrogens (tertiary/aromatic N) is 4. The van der Waals surface area contributed by atoms with Gasteiger partial charge in [0.2, 0.25) is 11.8 Å². The maximum Gasteiger partial charge on any atom is 0.481 e. The fraction of sp³-hybridized carbons (Fsp3) is 0.600. The molecule has 2 amide bonds. The maximum absolute atomic E-state index is 12.6. The number of allylic oxidation sites excluding steroid dienone is 2. The minimum atomic E-state index is -5.56. The molecule has 27 heteroatoms. The van der Waals surface area contributed by atoms with Crippen molar-refractivity contribution in [1.29, 1.82) is 0 Å². The van der Waals surface area contributed by atoms with Crippen molar-refractivity contribution in [2.75, 3.05) is 32.0 Å². The van der Waals surface area contributed by atoms with E-state index in [-0.39, 0.29) is 48.7 Å². The van der Waals surface area contributed by atoms with Gasteiger partial charge in [-0.1, -0.05) is 19.9 Å². The number of rotatable bonds is 20. The number of aromatic nitrogens is 4. The normalized spacial score (nSPS) is 22.6. The van der Waals surface area contributed by atoms with Gasteiger partial charge in [0.1, 0.15) is 36.3 Å². The SMILES string of the molecule is C/C=C/C(=O)CCNC(=O)CCNC(=O)[C@H](O)C(C)(C)COP(=O)(O)OP(=O)(O)OC[C@H]1O[C@@H](n2cnc3c(N)ncnc32)[C@H](O)[C@@H]1OP(=O)(O)O. The molecule has 7 atom stereocenters. The van der Waals surface area contributed by atoms with Crippen molar-refractivity contribution in [1.82, 2.24) is 30.2 Å². The van der Waals surface area contributed by atoms with Gasteiger partial charge in [-0.2, -0.15) is 4.31 Å². The number of nitrogen functional groups attached to an aromatic ring is 1. The molecule has 0 aromatic carbocycles. The number of aliphatic hydroxyl groups excluding tert-OH is 2. The van der Waals surface area contributed by atoms with Crippen LogP contribution in [0.4, 0.5) is 5.82 Å². The van der Waals surface area contributed by atoms with E-state index in [2.05, 4.69) is 34.4 Å². The van der Waals surface area contributed by atoms with E-state index in [1.807, 2.05) is 0 Å². The van der Waals surface area contributed by atoms with Crippen LogP contribution in [0.2, 0.25) is 0 Å². The number of phosphoric acid groups is 3. The third kappa shape index (κ3) is 12.5. The number of hydrogen-bond donors (Lipinski definition) is 9. The van der Waals surface area contributed by atoms with Crippen LogP contribution in [0.25, 0.3) is 11.2 Å². The Morgan fingerprint density at radius 3 is 2.37 bits per heavy atom. The van der Waals surface area contributed by atoms with Crippen molar-refractivity contribution >= 4 is 58.0 Å². The Kier molecular flexibility index (Phi) is 14.9. The Hall–Kier alpha value is -3.05. The van der Waals surface area contributed by atoms with Gasteiger partial charge in [-0.15, -0.1) is 0 Å². The van der Waals surface area contributed by atoms with E-state index in [1.54, 1.807) is 13.0 Å². The van der Waals surface area contributed by atoms with Crippen molar-refractivity contribution in [2.45, 2.75) is 64.3 Å². The van der Waals surface area contributed by atoms with Gasteiger partial charge >= 0.3 is 23.5 Å². The van der Waals surface area contributed by atoms with Crippen LogP contribution in [0, 0.1) is 5.41 Å². The molecule has 3 heterocycles. The van der Waals surface area contributed by atoms with E-state index in [1.165, 1.54) is 19.9 Å². The topological polar surface area (TPSA) is 364 Å². The van der Waals surface area contributed by atoms with E-state index >= 15 is 0 Å². The zero-order valence-corrected chi connectivity index (χ0v) is 30.5. The molecule has 1 aliphatic rings. The Morgan fingerprint density at radius 1 is 1.06 bits per heavy atom. The summed E-state index contributed by atoms with van der Waals surface area (Å²) in [7, 11) is -16.4. The summed E-state index contributed by atoms with van der Waals surface area (Å²) in [6.45, 7) is 2.01. The van der Waals surface area contributed by atoms with Crippen LogP contribution >= 0.6 is 23.5 Å². The monoisotopic (exact) mass is 803 g/mol. The lowest BCUT2D eigenvalue weighted by Crippen LogP contribution is -2.46. The highest BCUT2D eigenvalue weighted by molar-refractivity contribution is 7.61. The van der Waals surface area contributed by atoms with Crippen LogP contribution in [-0.2, 0) is 50.7 Å². The second-order valence-corrected chi connectivity index (χ2v) is 16.0. The minimum Gasteiger partial charge on any atom is -0.386 e. The average molecular weight is 804 g/mol. The van der Waals surface area contributed by atoms with Gasteiger partial charge in [-0.05, 0) is 13.0 Å². The van der Waals surface area contributed by atoms with E-state index < -0.39 is 84.6 Å². The number of aliphatic hydroxyl groups is 2. The lowest BCUT2D eigenvalue weighted by atomic mass is 9.87. The zero-order valence-electron chi connectivity index (χ0n) is 27.8. The van der Waals surface area contributed by atoms with E-state index in [9.17, 15) is 57.9 Å². The van der Waals surface area contributed by atoms with Gasteiger partial charge < -0.3 is 50.9 Å². The van der Waals surface area contributed by atoms with Crippen LogP contribution in [0.1, 0.15) is 39.8 Å². The van der Waals surface area contributed by atoms with Crippen molar-refractivity contribution < 1.29 is 80.5 Å². The largest absolute Gasteiger partial charge is 0.481 e. The molecule has 292 valence electrons.